The van der Waals surface area contributed by atoms with Crippen molar-refractivity contribution in [1.82, 2.24) is 10.2 Å². The summed E-state index contributed by atoms with van der Waals surface area (Å²) >= 11 is 0. The van der Waals surface area contributed by atoms with Crippen molar-refractivity contribution in [3.05, 3.63) is 0 Å². The third-order valence-electron chi connectivity index (χ3n) is 3.74. The van der Waals surface area contributed by atoms with Gasteiger partial charge in [0.25, 0.3) is 0 Å². The Kier molecular flexibility index (Phi) is 7.45. The summed E-state index contributed by atoms with van der Waals surface area (Å²) in [4.78, 5) is 24.8. The van der Waals surface area contributed by atoms with Gasteiger partial charge in [0.1, 0.15) is 5.54 Å². The van der Waals surface area contributed by atoms with E-state index < -0.39 is 11.5 Å². The summed E-state index contributed by atoms with van der Waals surface area (Å²) < 4.78 is 0. The fourth-order valence-electron chi connectivity index (χ4n) is 2.03. The second-order valence-corrected chi connectivity index (χ2v) is 6.22. The number of carbonyl (C=O) groups is 2. The third-order valence-corrected chi connectivity index (χ3v) is 3.74. The quantitative estimate of drug-likeness (QED) is 0.671. The largest absolute Gasteiger partial charge is 0.481 e. The molecule has 5 heteroatoms. The molecule has 0 saturated heterocycles. The molecule has 0 unspecified atom stereocenters. The minimum atomic E-state index is -0.871. The molecule has 0 bridgehead atoms. The molecule has 2 N–H and O–H groups in total. The molecule has 0 spiro atoms. The van der Waals surface area contributed by atoms with Crippen LogP contribution in [0.2, 0.25) is 0 Å². The van der Waals surface area contributed by atoms with Gasteiger partial charge in [-0.15, -0.1) is 6.42 Å². The lowest BCUT2D eigenvalue weighted by Gasteiger charge is -2.36. The molecular formula is C16H28N2O3. The van der Waals surface area contributed by atoms with Crippen molar-refractivity contribution in [2.45, 2.75) is 65.0 Å². The van der Waals surface area contributed by atoms with Crippen LogP contribution in [0.4, 0.5) is 0 Å². The number of hydrogen-bond donors (Lipinski definition) is 2. The van der Waals surface area contributed by atoms with Gasteiger partial charge in [-0.3, -0.25) is 14.5 Å². The minimum Gasteiger partial charge on any atom is -0.481 e. The van der Waals surface area contributed by atoms with Gasteiger partial charge in [-0.1, -0.05) is 19.8 Å². The maximum atomic E-state index is 12.2. The van der Waals surface area contributed by atoms with Crippen LogP contribution in [0.15, 0.2) is 0 Å². The van der Waals surface area contributed by atoms with Gasteiger partial charge in [0.15, 0.2) is 0 Å². The maximum absolute atomic E-state index is 12.2. The highest BCUT2D eigenvalue weighted by Crippen LogP contribution is 2.16. The number of rotatable bonds is 8. The van der Waals surface area contributed by atoms with E-state index in [4.69, 9.17) is 11.5 Å². The normalized spacial score (nSPS) is 12.0. The van der Waals surface area contributed by atoms with Crippen LogP contribution >= 0.6 is 0 Å². The summed E-state index contributed by atoms with van der Waals surface area (Å²) in [6.45, 7) is 10.2. The molecule has 0 saturated carbocycles. The molecule has 0 aliphatic rings. The molecule has 120 valence electrons. The van der Waals surface area contributed by atoms with Crippen molar-refractivity contribution in [3.63, 3.8) is 0 Å². The Morgan fingerprint density at radius 1 is 1.24 bits per heavy atom. The fourth-order valence-corrected chi connectivity index (χ4v) is 2.03. The molecule has 0 aromatic heterocycles. The Labute approximate surface area is 128 Å². The maximum Gasteiger partial charge on any atom is 0.304 e. The second kappa shape index (κ2) is 8.04. The van der Waals surface area contributed by atoms with E-state index >= 15 is 0 Å². The molecule has 0 aliphatic heterocycles. The van der Waals surface area contributed by atoms with E-state index in [9.17, 15) is 9.59 Å². The predicted octanol–water partition coefficient (Wildman–Crippen LogP) is 1.87. The number of aliphatic carboxylic acids is 1. The van der Waals surface area contributed by atoms with E-state index in [-0.39, 0.29) is 24.4 Å². The first-order chi connectivity index (χ1) is 9.60. The molecule has 0 atom stereocenters. The summed E-state index contributed by atoms with van der Waals surface area (Å²) in [5.41, 5.74) is -0.905. The molecule has 5 nitrogen and oxygen atoms in total. The van der Waals surface area contributed by atoms with E-state index in [0.717, 1.165) is 0 Å². The van der Waals surface area contributed by atoms with Crippen molar-refractivity contribution in [3.8, 4) is 12.3 Å². The first-order valence-electron chi connectivity index (χ1n) is 7.36. The van der Waals surface area contributed by atoms with Gasteiger partial charge < -0.3 is 10.4 Å². The average Bonchev–Trinajstić information content (AvgIpc) is 2.39. The van der Waals surface area contributed by atoms with Crippen LogP contribution in [-0.2, 0) is 9.59 Å². The van der Waals surface area contributed by atoms with Crippen molar-refractivity contribution in [1.29, 1.82) is 0 Å². The van der Waals surface area contributed by atoms with Crippen molar-refractivity contribution >= 4 is 11.9 Å². The Balaban J connectivity index is 4.82. The standard InChI is InChI=1S/C16H28N2O3/c1-7-16(8-2,9-3)17-13(19)12-18(15(4,5)6)11-10-14(20)21/h1H,8-12H2,2-6H3,(H,17,19)(H,20,21). The summed E-state index contributed by atoms with van der Waals surface area (Å²) in [7, 11) is 0. The van der Waals surface area contributed by atoms with Gasteiger partial charge in [-0.2, -0.15) is 0 Å². The summed E-state index contributed by atoms with van der Waals surface area (Å²) in [6.07, 6.45) is 6.87. The highest BCUT2D eigenvalue weighted by molar-refractivity contribution is 5.79. The number of carbonyl (C=O) groups excluding carboxylic acids is 1. The lowest BCUT2D eigenvalue weighted by molar-refractivity contribution is -0.138. The number of carboxylic acids is 1. The SMILES string of the molecule is C#CC(CC)(CC)NC(=O)CN(CCC(=O)O)C(C)(C)C. The number of carboxylic acid groups (broad SMARTS) is 1. The zero-order valence-electron chi connectivity index (χ0n) is 13.8. The molecular weight excluding hydrogens is 268 g/mol. The molecule has 1 amide bonds. The Morgan fingerprint density at radius 3 is 2.10 bits per heavy atom. The lowest BCUT2D eigenvalue weighted by Crippen LogP contribution is -2.53. The predicted molar refractivity (Wildman–Crippen MR) is 83.9 cm³/mol. The van der Waals surface area contributed by atoms with Gasteiger partial charge in [0.05, 0.1) is 13.0 Å². The van der Waals surface area contributed by atoms with E-state index in [0.29, 0.717) is 19.4 Å². The van der Waals surface area contributed by atoms with Crippen LogP contribution in [-0.4, -0.2) is 46.1 Å². The number of terminal acetylenes is 1. The molecule has 21 heavy (non-hydrogen) atoms. The lowest BCUT2D eigenvalue weighted by atomic mass is 9.94. The van der Waals surface area contributed by atoms with Gasteiger partial charge in [-0.05, 0) is 33.6 Å². The van der Waals surface area contributed by atoms with E-state index in [1.165, 1.54) is 0 Å². The van der Waals surface area contributed by atoms with E-state index in [1.807, 2.05) is 39.5 Å². The van der Waals surface area contributed by atoms with Crippen LogP contribution < -0.4 is 5.32 Å². The zero-order chi connectivity index (χ0) is 16.7. The molecule has 0 aromatic carbocycles. The second-order valence-electron chi connectivity index (χ2n) is 6.22. The first-order valence-corrected chi connectivity index (χ1v) is 7.36. The smallest absolute Gasteiger partial charge is 0.304 e. The Bertz CT molecular complexity index is 401. The Hall–Kier alpha value is -1.54. The number of hydrogen-bond acceptors (Lipinski definition) is 3. The van der Waals surface area contributed by atoms with Crippen LogP contribution in [0, 0.1) is 12.3 Å². The van der Waals surface area contributed by atoms with Crippen molar-refractivity contribution in [2.24, 2.45) is 0 Å². The number of nitrogens with one attached hydrogen (secondary N) is 1. The highest BCUT2D eigenvalue weighted by atomic mass is 16.4. The third kappa shape index (κ3) is 6.63. The zero-order valence-corrected chi connectivity index (χ0v) is 13.8. The first kappa shape index (κ1) is 19.5. The monoisotopic (exact) mass is 296 g/mol. The molecule has 0 aliphatic carbocycles. The molecule has 0 heterocycles. The average molecular weight is 296 g/mol. The summed E-state index contributed by atoms with van der Waals surface area (Å²) in [5, 5.41) is 11.7. The molecule has 0 rings (SSSR count). The number of nitrogens with zero attached hydrogens (tertiary/aromatic N) is 1. The number of amides is 1. The Morgan fingerprint density at radius 2 is 1.76 bits per heavy atom. The fraction of sp³-hybridized carbons (Fsp3) is 0.750. The molecule has 0 fully saturated rings. The summed E-state index contributed by atoms with van der Waals surface area (Å²) in [5.74, 6) is 1.62. The van der Waals surface area contributed by atoms with Gasteiger partial charge >= 0.3 is 5.97 Å². The van der Waals surface area contributed by atoms with Crippen LogP contribution in [0.5, 0.6) is 0 Å². The van der Waals surface area contributed by atoms with Gasteiger partial charge in [0.2, 0.25) is 5.91 Å². The van der Waals surface area contributed by atoms with Crippen molar-refractivity contribution in [2.75, 3.05) is 13.1 Å². The van der Waals surface area contributed by atoms with Gasteiger partial charge in [-0.25, -0.2) is 0 Å². The minimum absolute atomic E-state index is 0.00634. The highest BCUT2D eigenvalue weighted by Gasteiger charge is 2.29. The summed E-state index contributed by atoms with van der Waals surface area (Å²) in [6, 6.07) is 0. The topological polar surface area (TPSA) is 69.6 Å². The molecule has 0 aromatic rings. The van der Waals surface area contributed by atoms with Crippen LogP contribution in [0.25, 0.3) is 0 Å². The van der Waals surface area contributed by atoms with Crippen LogP contribution in [0.3, 0.4) is 0 Å². The molecule has 0 radical (unpaired) electrons. The van der Waals surface area contributed by atoms with Crippen molar-refractivity contribution < 1.29 is 14.7 Å². The van der Waals surface area contributed by atoms with E-state index in [1.54, 1.807) is 0 Å². The van der Waals surface area contributed by atoms with Crippen LogP contribution in [0.1, 0.15) is 53.9 Å². The van der Waals surface area contributed by atoms with E-state index in [2.05, 4.69) is 11.2 Å². The van der Waals surface area contributed by atoms with Gasteiger partial charge in [0, 0.05) is 12.1 Å².